The van der Waals surface area contributed by atoms with E-state index in [2.05, 4.69) is 10.1 Å². The molecule has 0 spiro atoms. The number of rotatable bonds is 2. The Bertz CT molecular complexity index is 1050. The van der Waals surface area contributed by atoms with Crippen LogP contribution in [-0.2, 0) is 4.79 Å². The smallest absolute Gasteiger partial charge is 0.308 e. The van der Waals surface area contributed by atoms with Crippen LogP contribution in [0.4, 0.5) is 0 Å². The van der Waals surface area contributed by atoms with Crippen LogP contribution in [0.1, 0.15) is 23.2 Å². The van der Waals surface area contributed by atoms with Crippen LogP contribution in [0.3, 0.4) is 0 Å². The number of carboxylic acid groups (broad SMARTS) is 1. The second-order valence-corrected chi connectivity index (χ2v) is 6.22. The molecule has 0 radical (unpaired) electrons. The molecule has 8 heteroatoms. The predicted molar refractivity (Wildman–Crippen MR) is 89.6 cm³/mol. The molecule has 25 heavy (non-hydrogen) atoms. The molecule has 1 fully saturated rings. The minimum atomic E-state index is -0.892. The number of para-hydroxylation sites is 1. The number of piperidine rings is 1. The second kappa shape index (κ2) is 5.73. The maximum Gasteiger partial charge on any atom is 0.308 e. The van der Waals surface area contributed by atoms with E-state index in [1.807, 2.05) is 0 Å². The fourth-order valence-electron chi connectivity index (χ4n) is 3.37. The molecule has 3 heterocycles. The van der Waals surface area contributed by atoms with E-state index >= 15 is 0 Å². The van der Waals surface area contributed by atoms with E-state index in [0.29, 0.717) is 35.9 Å². The molecule has 1 atom stereocenters. The largest absolute Gasteiger partial charge is 0.481 e. The van der Waals surface area contributed by atoms with Crippen molar-refractivity contribution in [1.29, 1.82) is 0 Å². The van der Waals surface area contributed by atoms with Gasteiger partial charge in [-0.1, -0.05) is 12.1 Å². The van der Waals surface area contributed by atoms with E-state index in [1.165, 1.54) is 15.6 Å². The fraction of sp³-hybridized carbons (Fsp3) is 0.294. The number of carbonyl (C=O) groups is 2. The molecule has 8 nitrogen and oxygen atoms in total. The van der Waals surface area contributed by atoms with Crippen molar-refractivity contribution >= 4 is 28.4 Å². The lowest BCUT2D eigenvalue weighted by Crippen LogP contribution is -2.42. The zero-order valence-electron chi connectivity index (χ0n) is 13.3. The standard InChI is InChI=1S/C17H16N4O4/c22-15-11-5-1-2-6-13(11)21-14(19-15)12(8-18-21)16(23)20-7-3-4-10(9-20)17(24)25/h1-2,5-6,8,10H,3-4,7,9H2,(H,19,22)(H,24,25). The van der Waals surface area contributed by atoms with Crippen molar-refractivity contribution < 1.29 is 14.7 Å². The Morgan fingerprint density at radius 2 is 2.08 bits per heavy atom. The van der Waals surface area contributed by atoms with Crippen LogP contribution in [0, 0.1) is 5.92 Å². The van der Waals surface area contributed by atoms with E-state index in [-0.39, 0.29) is 23.6 Å². The minimum absolute atomic E-state index is 0.170. The Morgan fingerprint density at radius 1 is 1.28 bits per heavy atom. The van der Waals surface area contributed by atoms with E-state index < -0.39 is 11.9 Å². The van der Waals surface area contributed by atoms with E-state index in [9.17, 15) is 19.5 Å². The van der Waals surface area contributed by atoms with Gasteiger partial charge >= 0.3 is 5.97 Å². The molecule has 3 aromatic rings. The third-order valence-electron chi connectivity index (χ3n) is 4.67. The van der Waals surface area contributed by atoms with Gasteiger partial charge in [-0.05, 0) is 25.0 Å². The highest BCUT2D eigenvalue weighted by molar-refractivity contribution is 6.00. The highest BCUT2D eigenvalue weighted by Crippen LogP contribution is 2.21. The summed E-state index contributed by atoms with van der Waals surface area (Å²) in [5, 5.41) is 13.9. The zero-order valence-corrected chi connectivity index (χ0v) is 13.3. The summed E-state index contributed by atoms with van der Waals surface area (Å²) in [6, 6.07) is 7.02. The lowest BCUT2D eigenvalue weighted by Gasteiger charge is -2.30. The Morgan fingerprint density at radius 3 is 2.88 bits per heavy atom. The molecule has 2 N–H and O–H groups in total. The van der Waals surface area contributed by atoms with E-state index in [4.69, 9.17) is 0 Å². The average molecular weight is 340 g/mol. The number of nitrogens with one attached hydrogen (secondary N) is 1. The molecule has 4 rings (SSSR count). The van der Waals surface area contributed by atoms with Crippen molar-refractivity contribution in [1.82, 2.24) is 19.5 Å². The van der Waals surface area contributed by atoms with Crippen LogP contribution >= 0.6 is 0 Å². The van der Waals surface area contributed by atoms with Crippen molar-refractivity contribution in [3.8, 4) is 0 Å². The van der Waals surface area contributed by atoms with Gasteiger partial charge in [0.15, 0.2) is 0 Å². The van der Waals surface area contributed by atoms with Crippen molar-refractivity contribution in [2.24, 2.45) is 5.92 Å². The quantitative estimate of drug-likeness (QED) is 0.727. The molecule has 0 aliphatic carbocycles. The third kappa shape index (κ3) is 2.46. The number of aromatic amines is 1. The maximum atomic E-state index is 12.8. The Balaban J connectivity index is 1.78. The van der Waals surface area contributed by atoms with Gasteiger partial charge < -0.3 is 15.0 Å². The van der Waals surface area contributed by atoms with Crippen molar-refractivity contribution in [2.75, 3.05) is 13.1 Å². The normalized spacial score (nSPS) is 17.9. The molecule has 1 unspecified atom stereocenters. The van der Waals surface area contributed by atoms with Crippen LogP contribution in [-0.4, -0.2) is 49.6 Å². The summed E-state index contributed by atoms with van der Waals surface area (Å²) < 4.78 is 1.53. The Kier molecular flexibility index (Phi) is 3.52. The van der Waals surface area contributed by atoms with Gasteiger partial charge in [-0.15, -0.1) is 0 Å². The summed E-state index contributed by atoms with van der Waals surface area (Å²) >= 11 is 0. The summed E-state index contributed by atoms with van der Waals surface area (Å²) in [6.45, 7) is 0.668. The van der Waals surface area contributed by atoms with Gasteiger partial charge in [-0.2, -0.15) is 5.10 Å². The molecule has 1 saturated heterocycles. The van der Waals surface area contributed by atoms with Crippen LogP contribution in [0.25, 0.3) is 16.6 Å². The number of nitrogens with zero attached hydrogens (tertiary/aromatic N) is 3. The molecule has 2 aromatic heterocycles. The number of likely N-dealkylation sites (tertiary alicyclic amines) is 1. The Hall–Kier alpha value is -3.16. The summed E-state index contributed by atoms with van der Waals surface area (Å²) in [5.41, 5.74) is 0.919. The van der Waals surface area contributed by atoms with Crippen LogP contribution in [0.15, 0.2) is 35.3 Å². The van der Waals surface area contributed by atoms with Gasteiger partial charge in [0.25, 0.3) is 11.5 Å². The maximum absolute atomic E-state index is 12.8. The first-order chi connectivity index (χ1) is 12.1. The zero-order chi connectivity index (χ0) is 17.6. The van der Waals surface area contributed by atoms with Gasteiger partial charge in [0.05, 0.1) is 23.0 Å². The number of H-pyrrole nitrogens is 1. The van der Waals surface area contributed by atoms with Gasteiger partial charge in [-0.3, -0.25) is 14.4 Å². The van der Waals surface area contributed by atoms with Gasteiger partial charge in [0, 0.05) is 13.1 Å². The molecular weight excluding hydrogens is 324 g/mol. The number of fused-ring (bicyclic) bond motifs is 3. The average Bonchev–Trinajstić information content (AvgIpc) is 3.05. The lowest BCUT2D eigenvalue weighted by molar-refractivity contribution is -0.143. The van der Waals surface area contributed by atoms with Gasteiger partial charge in [-0.25, -0.2) is 4.52 Å². The summed E-state index contributed by atoms with van der Waals surface area (Å²) in [6.07, 6.45) is 2.63. The third-order valence-corrected chi connectivity index (χ3v) is 4.67. The number of aromatic nitrogens is 3. The number of aliphatic carboxylic acids is 1. The van der Waals surface area contributed by atoms with Crippen LogP contribution in [0.5, 0.6) is 0 Å². The summed E-state index contributed by atoms with van der Waals surface area (Å²) in [5.74, 6) is -1.76. The van der Waals surface area contributed by atoms with E-state index in [1.54, 1.807) is 24.3 Å². The molecule has 0 saturated carbocycles. The molecule has 1 aliphatic heterocycles. The van der Waals surface area contributed by atoms with Crippen LogP contribution in [0.2, 0.25) is 0 Å². The van der Waals surface area contributed by atoms with Crippen molar-refractivity contribution in [2.45, 2.75) is 12.8 Å². The molecule has 128 valence electrons. The van der Waals surface area contributed by atoms with Gasteiger partial charge in [0.1, 0.15) is 11.2 Å². The summed E-state index contributed by atoms with van der Waals surface area (Å²) in [4.78, 5) is 40.6. The van der Waals surface area contributed by atoms with Crippen LogP contribution < -0.4 is 5.56 Å². The molecular formula is C17H16N4O4. The van der Waals surface area contributed by atoms with Crippen molar-refractivity contribution in [3.63, 3.8) is 0 Å². The lowest BCUT2D eigenvalue weighted by atomic mass is 9.98. The number of hydrogen-bond donors (Lipinski definition) is 2. The molecule has 1 aromatic carbocycles. The SMILES string of the molecule is O=C(O)C1CCCN(C(=O)c2cnn3c2[nH]c(=O)c2ccccc23)C1. The number of amides is 1. The topological polar surface area (TPSA) is 108 Å². The molecule has 0 bridgehead atoms. The number of benzene rings is 1. The highest BCUT2D eigenvalue weighted by atomic mass is 16.4. The molecule has 1 aliphatic rings. The second-order valence-electron chi connectivity index (χ2n) is 6.22. The monoisotopic (exact) mass is 340 g/mol. The Labute approximate surface area is 141 Å². The number of hydrogen-bond acceptors (Lipinski definition) is 4. The van der Waals surface area contributed by atoms with Crippen molar-refractivity contribution in [3.05, 3.63) is 46.4 Å². The first-order valence-electron chi connectivity index (χ1n) is 8.07. The highest BCUT2D eigenvalue weighted by Gasteiger charge is 2.30. The number of carboxylic acids is 1. The van der Waals surface area contributed by atoms with E-state index in [0.717, 1.165) is 0 Å². The minimum Gasteiger partial charge on any atom is -0.481 e. The predicted octanol–water partition coefficient (Wildman–Crippen LogP) is 1.11. The first kappa shape index (κ1) is 15.4. The fourth-order valence-corrected chi connectivity index (χ4v) is 3.37. The summed E-state index contributed by atoms with van der Waals surface area (Å²) in [7, 11) is 0. The number of carbonyl (C=O) groups excluding carboxylic acids is 1. The van der Waals surface area contributed by atoms with Gasteiger partial charge in [0.2, 0.25) is 0 Å². The molecule has 1 amide bonds. The first-order valence-corrected chi connectivity index (χ1v) is 8.07.